The van der Waals surface area contributed by atoms with Gasteiger partial charge in [0.05, 0.1) is 26.2 Å². The van der Waals surface area contributed by atoms with Crippen LogP contribution in [0.2, 0.25) is 0 Å². The third-order valence-electron chi connectivity index (χ3n) is 15.5. The average Bonchev–Trinajstić information content (AvgIpc) is 4.28. The van der Waals surface area contributed by atoms with Crippen LogP contribution in [-0.4, -0.2) is 70.2 Å². The lowest BCUT2D eigenvalue weighted by atomic mass is 9.92. The number of hydrogen-bond donors (Lipinski definition) is 4. The molecule has 0 aliphatic carbocycles. The third kappa shape index (κ3) is 19.9. The summed E-state index contributed by atoms with van der Waals surface area (Å²) in [5, 5.41) is 0. The van der Waals surface area contributed by atoms with Crippen molar-refractivity contribution in [2.75, 3.05) is 26.4 Å². The van der Waals surface area contributed by atoms with Crippen molar-refractivity contribution in [2.24, 2.45) is 5.41 Å². The molecule has 4 N–H and O–H groups in total. The summed E-state index contributed by atoms with van der Waals surface area (Å²) >= 11 is 0. The second-order valence-electron chi connectivity index (χ2n) is 22.1. The van der Waals surface area contributed by atoms with Gasteiger partial charge in [0.2, 0.25) is 0 Å². The van der Waals surface area contributed by atoms with Gasteiger partial charge in [0.1, 0.15) is 57.5 Å². The largest absolute Gasteiger partial charge is 1.00 e. The minimum atomic E-state index is -1.53. The molecule has 0 saturated carbocycles. The molecular formula is C65H88Cl4N8O8. The first kappa shape index (κ1) is 71.3. The number of esters is 4. The van der Waals surface area contributed by atoms with Gasteiger partial charge in [0, 0.05) is 0 Å². The minimum absolute atomic E-state index is 0. The van der Waals surface area contributed by atoms with Crippen molar-refractivity contribution in [3.63, 3.8) is 0 Å². The van der Waals surface area contributed by atoms with Crippen LogP contribution in [0.3, 0.4) is 0 Å². The lowest BCUT2D eigenvalue weighted by Crippen LogP contribution is -3.00. The molecule has 16 nitrogen and oxygen atoms in total. The number of ether oxygens (including phenoxy) is 4. The first-order valence-corrected chi connectivity index (χ1v) is 30.2. The van der Waals surface area contributed by atoms with E-state index in [-0.39, 0.29) is 75.3 Å². The molecule has 0 unspecified atom stereocenters. The Morgan fingerprint density at radius 3 is 0.753 bits per heavy atom. The zero-order valence-electron chi connectivity index (χ0n) is 50.1. The number of halogens is 4. The van der Waals surface area contributed by atoms with Gasteiger partial charge in [-0.2, -0.15) is 0 Å². The number of H-pyrrole nitrogens is 4. The lowest BCUT2D eigenvalue weighted by molar-refractivity contribution is -0.679. The molecule has 0 fully saturated rings. The number of imidazole rings is 4. The summed E-state index contributed by atoms with van der Waals surface area (Å²) in [4.78, 5) is 71.3. The molecule has 464 valence electrons. The topological polar surface area (TPSA) is 184 Å². The zero-order chi connectivity index (χ0) is 56.8. The first-order chi connectivity index (χ1) is 39.6. The van der Waals surface area contributed by atoms with E-state index in [2.05, 4.69) is 65.9 Å². The lowest BCUT2D eigenvalue weighted by Gasteiger charge is -2.31. The van der Waals surface area contributed by atoms with Crippen molar-refractivity contribution in [3.05, 3.63) is 120 Å². The van der Waals surface area contributed by atoms with Crippen molar-refractivity contribution in [1.29, 1.82) is 0 Å². The summed E-state index contributed by atoms with van der Waals surface area (Å²) in [6.07, 6.45) is 16.5. The van der Waals surface area contributed by atoms with Crippen molar-refractivity contribution >= 4 is 68.0 Å². The number of nitrogens with zero attached hydrogens (tertiary/aromatic N) is 4. The number of aryl methyl sites for hydroxylation is 4. The Morgan fingerprint density at radius 2 is 0.541 bits per heavy atom. The molecule has 4 aromatic carbocycles. The SMILES string of the molecule is CCCCCC[n+]1c(CC(=O)OCC(COC(=O)Cc2[nH]c3ccccc3[n+]2CCCCCC)(COC(=O)Cc2[nH]c3ccccc3[n+]2CCCCCC)COC(=O)Cc2[nH]c3ccccc3[n+]2CCCCCC)[nH]c2ccccc21.[Cl-].[Cl-].[Cl-].[Cl-]. The number of aromatic nitrogens is 8. The number of hydrogen-bond acceptors (Lipinski definition) is 8. The number of fused-ring (bicyclic) bond motifs is 4. The van der Waals surface area contributed by atoms with Crippen LogP contribution in [-0.2, 0) is 90.0 Å². The van der Waals surface area contributed by atoms with Gasteiger partial charge in [0.15, 0.2) is 44.1 Å². The third-order valence-corrected chi connectivity index (χ3v) is 15.5. The van der Waals surface area contributed by atoms with E-state index in [0.29, 0.717) is 23.3 Å². The molecule has 4 aromatic heterocycles. The smallest absolute Gasteiger partial charge is 0.318 e. The van der Waals surface area contributed by atoms with Crippen LogP contribution >= 0.6 is 0 Å². The van der Waals surface area contributed by atoms with Crippen molar-refractivity contribution in [2.45, 2.75) is 182 Å². The molecule has 0 aliphatic rings. The zero-order valence-corrected chi connectivity index (χ0v) is 53.1. The summed E-state index contributed by atoms with van der Waals surface area (Å²) in [6, 6.07) is 31.9. The van der Waals surface area contributed by atoms with E-state index in [4.69, 9.17) is 18.9 Å². The first-order valence-electron chi connectivity index (χ1n) is 30.2. The number of aromatic amines is 4. The Bertz CT molecular complexity index is 2900. The van der Waals surface area contributed by atoms with Crippen LogP contribution in [0.25, 0.3) is 44.1 Å². The van der Waals surface area contributed by atoms with E-state index in [9.17, 15) is 19.2 Å². The molecule has 0 aliphatic heterocycles. The van der Waals surface area contributed by atoms with Crippen LogP contribution in [0, 0.1) is 5.41 Å². The summed E-state index contributed by atoms with van der Waals surface area (Å²) in [5.41, 5.74) is 6.05. The number of nitrogens with one attached hydrogen (secondary N) is 4. The standard InChI is InChI=1S/C65H84N8O8.4ClH/c1-5-9-13-25-37-70-53-33-21-17-29-49(53)66-57(70)41-61(74)78-45-65(46-79-62(75)42-58-67-50-30-18-22-34-54(50)71(58)38-26-14-10-6-2,47-80-63(76)43-59-68-51-31-19-23-35-55(51)72(59)39-27-15-11-7-3)48-81-64(77)44-60-69-52-32-20-24-36-56(52)73(60)40-28-16-12-8-4;;;;/h17-24,29-36H,5-16,25-28,37-48H2,1-4H3;4*1H. The van der Waals surface area contributed by atoms with Crippen molar-refractivity contribution in [1.82, 2.24) is 19.9 Å². The quantitative estimate of drug-likeness (QED) is 0.0159. The van der Waals surface area contributed by atoms with Gasteiger partial charge in [-0.3, -0.25) is 19.2 Å². The monoisotopic (exact) mass is 1250 g/mol. The van der Waals surface area contributed by atoms with E-state index in [0.717, 1.165) is 173 Å². The Hall–Kier alpha value is -6.20. The highest BCUT2D eigenvalue weighted by molar-refractivity contribution is 5.78. The fourth-order valence-electron chi connectivity index (χ4n) is 11.0. The summed E-state index contributed by atoms with van der Waals surface area (Å²) in [5.74, 6) is 0.557. The van der Waals surface area contributed by atoms with Gasteiger partial charge in [-0.25, -0.2) is 38.2 Å². The molecule has 8 rings (SSSR count). The van der Waals surface area contributed by atoms with Crippen molar-refractivity contribution < 1.29 is 106 Å². The number of rotatable bonds is 36. The Labute approximate surface area is 525 Å². The minimum Gasteiger partial charge on any atom is -1.00 e. The molecule has 8 aromatic rings. The molecule has 20 heteroatoms. The predicted octanol–water partition coefficient (Wildman–Crippen LogP) is -1.47. The second-order valence-corrected chi connectivity index (χ2v) is 22.1. The Kier molecular flexibility index (Phi) is 30.8. The number of para-hydroxylation sites is 8. The molecule has 0 radical (unpaired) electrons. The number of carbonyl (C=O) groups is 4. The van der Waals surface area contributed by atoms with Gasteiger partial charge < -0.3 is 68.6 Å². The highest BCUT2D eigenvalue weighted by atomic mass is 35.5. The highest BCUT2D eigenvalue weighted by Gasteiger charge is 2.40. The summed E-state index contributed by atoms with van der Waals surface area (Å²) < 4.78 is 33.6. The molecule has 0 saturated heterocycles. The van der Waals surface area contributed by atoms with E-state index in [1.165, 1.54) is 0 Å². The molecule has 0 atom stereocenters. The fraction of sp³-hybridized carbons (Fsp3) is 0.508. The van der Waals surface area contributed by atoms with E-state index in [1.54, 1.807) is 0 Å². The molecule has 0 bridgehead atoms. The number of carbonyl (C=O) groups excluding carboxylic acids is 4. The Morgan fingerprint density at radius 1 is 0.329 bits per heavy atom. The molecule has 0 amide bonds. The number of unbranched alkanes of at least 4 members (excludes halogenated alkanes) is 12. The second kappa shape index (κ2) is 36.7. The van der Waals surface area contributed by atoms with E-state index >= 15 is 0 Å². The van der Waals surface area contributed by atoms with E-state index in [1.807, 2.05) is 97.1 Å². The van der Waals surface area contributed by atoms with Crippen LogP contribution in [0.5, 0.6) is 0 Å². The van der Waals surface area contributed by atoms with E-state index < -0.39 is 55.7 Å². The normalized spacial score (nSPS) is 11.2. The fourth-order valence-corrected chi connectivity index (χ4v) is 11.0. The maximum atomic E-state index is 14.4. The molecular weight excluding hydrogens is 1160 g/mol. The van der Waals surface area contributed by atoms with Gasteiger partial charge in [-0.1, -0.05) is 128 Å². The van der Waals surface area contributed by atoms with Gasteiger partial charge >= 0.3 is 23.9 Å². The number of benzene rings is 4. The van der Waals surface area contributed by atoms with Crippen LogP contribution in [0.4, 0.5) is 0 Å². The average molecular weight is 1250 g/mol. The molecule has 4 heterocycles. The van der Waals surface area contributed by atoms with Crippen molar-refractivity contribution in [3.8, 4) is 0 Å². The van der Waals surface area contributed by atoms with Crippen LogP contribution < -0.4 is 67.9 Å². The van der Waals surface area contributed by atoms with Crippen LogP contribution in [0.1, 0.15) is 154 Å². The predicted molar refractivity (Wildman–Crippen MR) is 312 cm³/mol. The summed E-state index contributed by atoms with van der Waals surface area (Å²) in [6.45, 7) is 10.0. The maximum Gasteiger partial charge on any atom is 0.318 e. The Balaban J connectivity index is 0.00000387. The summed E-state index contributed by atoms with van der Waals surface area (Å²) in [7, 11) is 0. The molecule has 85 heavy (non-hydrogen) atoms. The van der Waals surface area contributed by atoms with Crippen LogP contribution in [0.15, 0.2) is 97.1 Å². The van der Waals surface area contributed by atoms with Gasteiger partial charge in [-0.05, 0) is 99.9 Å². The maximum absolute atomic E-state index is 14.4. The molecule has 0 spiro atoms. The van der Waals surface area contributed by atoms with Gasteiger partial charge in [0.25, 0.3) is 23.3 Å². The van der Waals surface area contributed by atoms with Gasteiger partial charge in [-0.15, -0.1) is 0 Å². The highest BCUT2D eigenvalue weighted by Crippen LogP contribution is 2.24.